The second-order valence-electron chi connectivity index (χ2n) is 4.17. The maximum atomic E-state index is 10.0. The number of aliphatic hydroxyl groups is 1. The van der Waals surface area contributed by atoms with Crippen molar-refractivity contribution in [1.82, 2.24) is 4.90 Å². The predicted molar refractivity (Wildman–Crippen MR) is 51.2 cm³/mol. The summed E-state index contributed by atoms with van der Waals surface area (Å²) in [6, 6.07) is 0. The van der Waals surface area contributed by atoms with E-state index in [1.54, 1.807) is 0 Å². The Balaban J connectivity index is 2.21. The molecule has 0 bridgehead atoms. The molecule has 1 saturated heterocycles. The van der Waals surface area contributed by atoms with Crippen LogP contribution < -0.4 is 0 Å². The summed E-state index contributed by atoms with van der Waals surface area (Å²) in [5.41, 5.74) is -0.357. The summed E-state index contributed by atoms with van der Waals surface area (Å²) in [6.07, 6.45) is 5.64. The minimum Gasteiger partial charge on any atom is -0.389 e. The Bertz CT molecular complexity index is 138. The Hall–Kier alpha value is -0.0800. The second-order valence-corrected chi connectivity index (χ2v) is 4.17. The zero-order valence-corrected chi connectivity index (χ0v) is 8.34. The lowest BCUT2D eigenvalue weighted by atomic mass is 9.95. The number of rotatable bonds is 4. The van der Waals surface area contributed by atoms with Crippen LogP contribution in [0, 0.1) is 0 Å². The van der Waals surface area contributed by atoms with Gasteiger partial charge in [-0.3, -0.25) is 0 Å². The third-order valence-corrected chi connectivity index (χ3v) is 2.77. The first kappa shape index (κ1) is 10.0. The van der Waals surface area contributed by atoms with Crippen LogP contribution in [-0.4, -0.2) is 35.7 Å². The van der Waals surface area contributed by atoms with Crippen LogP contribution in [0.1, 0.15) is 39.0 Å². The van der Waals surface area contributed by atoms with Crippen molar-refractivity contribution < 1.29 is 5.11 Å². The Kier molecular flexibility index (Phi) is 3.53. The van der Waals surface area contributed by atoms with E-state index < -0.39 is 0 Å². The Morgan fingerprint density at radius 3 is 2.67 bits per heavy atom. The molecule has 0 aromatic heterocycles. The fraction of sp³-hybridized carbons (Fsp3) is 1.00. The van der Waals surface area contributed by atoms with Gasteiger partial charge >= 0.3 is 0 Å². The van der Waals surface area contributed by atoms with E-state index in [4.69, 9.17) is 0 Å². The van der Waals surface area contributed by atoms with E-state index in [-0.39, 0.29) is 5.60 Å². The Morgan fingerprint density at radius 2 is 2.17 bits per heavy atom. The molecule has 1 atom stereocenters. The molecular formula is C10H21NO. The van der Waals surface area contributed by atoms with Crippen molar-refractivity contribution >= 4 is 0 Å². The predicted octanol–water partition coefficient (Wildman–Crippen LogP) is 1.63. The first-order chi connectivity index (χ1) is 5.66. The molecule has 0 radical (unpaired) electrons. The zero-order valence-electron chi connectivity index (χ0n) is 8.34. The molecule has 1 rings (SSSR count). The topological polar surface area (TPSA) is 23.5 Å². The van der Waals surface area contributed by atoms with Crippen LogP contribution in [0.15, 0.2) is 0 Å². The fourth-order valence-corrected chi connectivity index (χ4v) is 1.97. The molecule has 1 heterocycles. The van der Waals surface area contributed by atoms with Gasteiger partial charge in [0.05, 0.1) is 5.60 Å². The van der Waals surface area contributed by atoms with Gasteiger partial charge in [-0.1, -0.05) is 26.2 Å². The van der Waals surface area contributed by atoms with Gasteiger partial charge in [0, 0.05) is 13.1 Å². The number of β-amino-alcohol motifs (C(OH)–C–C–N with tert-alkyl or cyclic N) is 1. The number of nitrogens with zero attached hydrogens (tertiary/aromatic N) is 1. The summed E-state index contributed by atoms with van der Waals surface area (Å²) in [6.45, 7) is 4.13. The van der Waals surface area contributed by atoms with Gasteiger partial charge in [-0.05, 0) is 19.9 Å². The van der Waals surface area contributed by atoms with Gasteiger partial charge in [-0.25, -0.2) is 0 Å². The molecule has 72 valence electrons. The second kappa shape index (κ2) is 4.24. The van der Waals surface area contributed by atoms with Crippen molar-refractivity contribution in [2.45, 2.75) is 44.6 Å². The highest BCUT2D eigenvalue weighted by Gasteiger charge is 2.33. The fourth-order valence-electron chi connectivity index (χ4n) is 1.97. The Morgan fingerprint density at radius 1 is 1.42 bits per heavy atom. The number of hydrogen-bond donors (Lipinski definition) is 1. The van der Waals surface area contributed by atoms with E-state index in [1.165, 1.54) is 19.3 Å². The normalized spacial score (nSPS) is 31.2. The molecule has 1 unspecified atom stereocenters. The zero-order chi connectivity index (χ0) is 9.03. The van der Waals surface area contributed by atoms with E-state index >= 15 is 0 Å². The first-order valence-electron chi connectivity index (χ1n) is 5.07. The van der Waals surface area contributed by atoms with Crippen molar-refractivity contribution in [1.29, 1.82) is 0 Å². The summed E-state index contributed by atoms with van der Waals surface area (Å²) >= 11 is 0. The third-order valence-electron chi connectivity index (χ3n) is 2.77. The smallest absolute Gasteiger partial charge is 0.0786 e. The minimum absolute atomic E-state index is 0.357. The maximum absolute atomic E-state index is 10.0. The van der Waals surface area contributed by atoms with Crippen LogP contribution in [0.3, 0.4) is 0 Å². The van der Waals surface area contributed by atoms with Gasteiger partial charge in [0.1, 0.15) is 0 Å². The molecule has 0 spiro atoms. The van der Waals surface area contributed by atoms with E-state index in [0.717, 1.165) is 25.9 Å². The van der Waals surface area contributed by atoms with Crippen molar-refractivity contribution in [3.8, 4) is 0 Å². The molecular weight excluding hydrogens is 150 g/mol. The number of hydrogen-bond acceptors (Lipinski definition) is 2. The molecule has 0 amide bonds. The van der Waals surface area contributed by atoms with Crippen LogP contribution in [0.25, 0.3) is 0 Å². The molecule has 1 N–H and O–H groups in total. The van der Waals surface area contributed by atoms with E-state index in [9.17, 15) is 5.11 Å². The average Bonchev–Trinajstić information content (AvgIpc) is 2.32. The number of likely N-dealkylation sites (N-methyl/N-ethyl adjacent to an activating group) is 1. The van der Waals surface area contributed by atoms with Gasteiger partial charge < -0.3 is 10.0 Å². The lowest BCUT2D eigenvalue weighted by Gasteiger charge is -2.21. The van der Waals surface area contributed by atoms with E-state index in [1.807, 2.05) is 0 Å². The van der Waals surface area contributed by atoms with Gasteiger partial charge in [0.15, 0.2) is 0 Å². The van der Waals surface area contributed by atoms with Crippen LogP contribution in [0.4, 0.5) is 0 Å². The molecule has 0 aliphatic carbocycles. The molecule has 0 saturated carbocycles. The van der Waals surface area contributed by atoms with E-state index in [0.29, 0.717) is 0 Å². The molecule has 2 heteroatoms. The molecule has 2 nitrogen and oxygen atoms in total. The van der Waals surface area contributed by atoms with Gasteiger partial charge in [0.25, 0.3) is 0 Å². The standard InChI is InChI=1S/C10H21NO/c1-3-4-5-6-10(12)7-8-11(2)9-10/h12H,3-9H2,1-2H3. The van der Waals surface area contributed by atoms with Crippen molar-refractivity contribution in [2.24, 2.45) is 0 Å². The summed E-state index contributed by atoms with van der Waals surface area (Å²) < 4.78 is 0. The third kappa shape index (κ3) is 2.76. The Labute approximate surface area is 75.6 Å². The molecule has 1 fully saturated rings. The number of unbranched alkanes of at least 4 members (excludes halogenated alkanes) is 2. The highest BCUT2D eigenvalue weighted by Crippen LogP contribution is 2.25. The first-order valence-corrected chi connectivity index (χ1v) is 5.07. The van der Waals surface area contributed by atoms with Gasteiger partial charge in [-0.15, -0.1) is 0 Å². The highest BCUT2D eigenvalue weighted by atomic mass is 16.3. The highest BCUT2D eigenvalue weighted by molar-refractivity contribution is 4.88. The van der Waals surface area contributed by atoms with Crippen molar-refractivity contribution in [2.75, 3.05) is 20.1 Å². The lowest BCUT2D eigenvalue weighted by molar-refractivity contribution is 0.0406. The lowest BCUT2D eigenvalue weighted by Crippen LogP contribution is -2.31. The minimum atomic E-state index is -0.357. The van der Waals surface area contributed by atoms with Crippen molar-refractivity contribution in [3.05, 3.63) is 0 Å². The van der Waals surface area contributed by atoms with Crippen LogP contribution in [0.5, 0.6) is 0 Å². The average molecular weight is 171 g/mol. The monoisotopic (exact) mass is 171 g/mol. The van der Waals surface area contributed by atoms with E-state index in [2.05, 4.69) is 18.9 Å². The maximum Gasteiger partial charge on any atom is 0.0786 e. The summed E-state index contributed by atoms with van der Waals surface area (Å²) in [7, 11) is 2.08. The van der Waals surface area contributed by atoms with Crippen LogP contribution in [0.2, 0.25) is 0 Å². The molecule has 12 heavy (non-hydrogen) atoms. The van der Waals surface area contributed by atoms with Crippen LogP contribution in [-0.2, 0) is 0 Å². The summed E-state index contributed by atoms with van der Waals surface area (Å²) in [5, 5.41) is 10.0. The molecule has 0 aromatic rings. The van der Waals surface area contributed by atoms with Crippen molar-refractivity contribution in [3.63, 3.8) is 0 Å². The molecule has 0 aromatic carbocycles. The van der Waals surface area contributed by atoms with Gasteiger partial charge in [0.2, 0.25) is 0 Å². The molecule has 1 aliphatic heterocycles. The number of likely N-dealkylation sites (tertiary alicyclic amines) is 1. The summed E-state index contributed by atoms with van der Waals surface area (Å²) in [5.74, 6) is 0. The van der Waals surface area contributed by atoms with Crippen LogP contribution >= 0.6 is 0 Å². The molecule has 1 aliphatic rings. The largest absolute Gasteiger partial charge is 0.389 e. The quantitative estimate of drug-likeness (QED) is 0.650. The SMILES string of the molecule is CCCCCC1(O)CCN(C)C1. The summed E-state index contributed by atoms with van der Waals surface area (Å²) in [4.78, 5) is 2.21. The van der Waals surface area contributed by atoms with Gasteiger partial charge in [-0.2, -0.15) is 0 Å².